The standard InChI is InChI=1S/C12H14ClFN2O/c13-8-4-3-5-9(14)11(8)16-12(17)10-6-1-2-7-15-10/h3-5,10,15H,1-2,6-7H2,(H,16,17)/t10-/m0/s1. The molecule has 0 spiro atoms. The summed E-state index contributed by atoms with van der Waals surface area (Å²) in [6, 6.07) is 4.08. The molecule has 0 saturated carbocycles. The molecule has 1 atom stereocenters. The number of carbonyl (C=O) groups excluding carboxylic acids is 1. The number of carbonyl (C=O) groups is 1. The van der Waals surface area contributed by atoms with Crippen LogP contribution < -0.4 is 10.6 Å². The lowest BCUT2D eigenvalue weighted by atomic mass is 10.0. The van der Waals surface area contributed by atoms with Crippen molar-refractivity contribution >= 4 is 23.2 Å². The lowest BCUT2D eigenvalue weighted by Crippen LogP contribution is -2.43. The van der Waals surface area contributed by atoms with Gasteiger partial charge in [0.15, 0.2) is 0 Å². The van der Waals surface area contributed by atoms with E-state index in [4.69, 9.17) is 11.6 Å². The molecule has 1 fully saturated rings. The fourth-order valence-electron chi connectivity index (χ4n) is 1.90. The smallest absolute Gasteiger partial charge is 0.241 e. The van der Waals surface area contributed by atoms with Crippen molar-refractivity contribution in [2.24, 2.45) is 0 Å². The number of halogens is 2. The van der Waals surface area contributed by atoms with Gasteiger partial charge in [0, 0.05) is 0 Å². The summed E-state index contributed by atoms with van der Waals surface area (Å²) in [5.41, 5.74) is 0.0616. The number of piperidine rings is 1. The average Bonchev–Trinajstić information content (AvgIpc) is 2.35. The quantitative estimate of drug-likeness (QED) is 0.854. The minimum absolute atomic E-state index is 0.0616. The van der Waals surface area contributed by atoms with Gasteiger partial charge in [0.2, 0.25) is 5.91 Å². The zero-order chi connectivity index (χ0) is 12.3. The molecular formula is C12H14ClFN2O. The molecule has 0 bridgehead atoms. The van der Waals surface area contributed by atoms with Crippen LogP contribution in [0.1, 0.15) is 19.3 Å². The Labute approximate surface area is 104 Å². The maximum Gasteiger partial charge on any atom is 0.241 e. The van der Waals surface area contributed by atoms with Crippen LogP contribution in [0.2, 0.25) is 5.02 Å². The normalized spacial score (nSPS) is 20.0. The molecule has 0 radical (unpaired) electrons. The van der Waals surface area contributed by atoms with Crippen LogP contribution in [0.25, 0.3) is 0 Å². The summed E-state index contributed by atoms with van der Waals surface area (Å²) in [5.74, 6) is -0.738. The SMILES string of the molecule is O=C(Nc1c(F)cccc1Cl)[C@@H]1CCCCN1. The predicted molar refractivity (Wildman–Crippen MR) is 65.7 cm³/mol. The monoisotopic (exact) mass is 256 g/mol. The Morgan fingerprint density at radius 1 is 1.47 bits per heavy atom. The number of para-hydroxylation sites is 1. The highest BCUT2D eigenvalue weighted by molar-refractivity contribution is 6.33. The van der Waals surface area contributed by atoms with Gasteiger partial charge in [-0.25, -0.2) is 4.39 Å². The predicted octanol–water partition coefficient (Wildman–Crippen LogP) is 2.56. The first kappa shape index (κ1) is 12.3. The van der Waals surface area contributed by atoms with Gasteiger partial charge >= 0.3 is 0 Å². The van der Waals surface area contributed by atoms with E-state index in [0.717, 1.165) is 25.8 Å². The average molecular weight is 257 g/mol. The Bertz CT molecular complexity index is 399. The first-order chi connectivity index (χ1) is 8.18. The zero-order valence-corrected chi connectivity index (χ0v) is 10.1. The van der Waals surface area contributed by atoms with Gasteiger partial charge in [-0.2, -0.15) is 0 Å². The van der Waals surface area contributed by atoms with E-state index in [2.05, 4.69) is 10.6 Å². The first-order valence-electron chi connectivity index (χ1n) is 5.67. The maximum atomic E-state index is 13.5. The minimum Gasteiger partial charge on any atom is -0.321 e. The number of benzene rings is 1. The molecule has 5 heteroatoms. The van der Waals surface area contributed by atoms with E-state index in [9.17, 15) is 9.18 Å². The Morgan fingerprint density at radius 2 is 2.29 bits per heavy atom. The van der Waals surface area contributed by atoms with Crippen molar-refractivity contribution in [3.8, 4) is 0 Å². The van der Waals surface area contributed by atoms with Crippen LogP contribution in [0, 0.1) is 5.82 Å². The summed E-state index contributed by atoms with van der Waals surface area (Å²) < 4.78 is 13.5. The number of nitrogens with one attached hydrogen (secondary N) is 2. The van der Waals surface area contributed by atoms with Crippen molar-refractivity contribution in [2.45, 2.75) is 25.3 Å². The van der Waals surface area contributed by atoms with Gasteiger partial charge in [-0.15, -0.1) is 0 Å². The summed E-state index contributed by atoms with van der Waals surface area (Å²) in [5, 5.41) is 5.86. The highest BCUT2D eigenvalue weighted by Crippen LogP contribution is 2.25. The number of amides is 1. The molecule has 92 valence electrons. The van der Waals surface area contributed by atoms with Gasteiger partial charge in [0.25, 0.3) is 0 Å². The van der Waals surface area contributed by atoms with Crippen LogP contribution in [-0.2, 0) is 4.79 Å². The number of rotatable bonds is 2. The Kier molecular flexibility index (Phi) is 3.97. The molecule has 0 aliphatic carbocycles. The van der Waals surface area contributed by atoms with E-state index < -0.39 is 5.82 Å². The molecule has 17 heavy (non-hydrogen) atoms. The third kappa shape index (κ3) is 2.96. The summed E-state index contributed by atoms with van der Waals surface area (Å²) in [6.07, 6.45) is 2.86. The van der Waals surface area contributed by atoms with E-state index in [-0.39, 0.29) is 22.7 Å². The highest BCUT2D eigenvalue weighted by atomic mass is 35.5. The van der Waals surface area contributed by atoms with Crippen LogP contribution in [0.4, 0.5) is 10.1 Å². The van der Waals surface area contributed by atoms with Crippen molar-refractivity contribution < 1.29 is 9.18 Å². The molecule has 1 amide bonds. The fourth-order valence-corrected chi connectivity index (χ4v) is 2.11. The largest absolute Gasteiger partial charge is 0.321 e. The van der Waals surface area contributed by atoms with Gasteiger partial charge in [-0.1, -0.05) is 24.1 Å². The number of hydrogen-bond acceptors (Lipinski definition) is 2. The molecule has 0 aromatic heterocycles. The lowest BCUT2D eigenvalue weighted by molar-refractivity contribution is -0.118. The zero-order valence-electron chi connectivity index (χ0n) is 9.30. The van der Waals surface area contributed by atoms with Crippen molar-refractivity contribution in [1.82, 2.24) is 5.32 Å². The second-order valence-electron chi connectivity index (χ2n) is 4.09. The van der Waals surface area contributed by atoms with Gasteiger partial charge in [-0.3, -0.25) is 4.79 Å². The molecule has 2 rings (SSSR count). The van der Waals surface area contributed by atoms with Crippen molar-refractivity contribution in [1.29, 1.82) is 0 Å². The fraction of sp³-hybridized carbons (Fsp3) is 0.417. The third-order valence-corrected chi connectivity index (χ3v) is 3.15. The third-order valence-electron chi connectivity index (χ3n) is 2.84. The van der Waals surface area contributed by atoms with Crippen LogP contribution in [-0.4, -0.2) is 18.5 Å². The minimum atomic E-state index is -0.512. The van der Waals surface area contributed by atoms with Gasteiger partial charge < -0.3 is 10.6 Å². The van der Waals surface area contributed by atoms with Crippen LogP contribution in [0.5, 0.6) is 0 Å². The van der Waals surface area contributed by atoms with Crippen molar-refractivity contribution in [3.05, 3.63) is 29.0 Å². The summed E-state index contributed by atoms with van der Waals surface area (Å²) in [6.45, 7) is 0.823. The second-order valence-corrected chi connectivity index (χ2v) is 4.50. The summed E-state index contributed by atoms with van der Waals surface area (Å²) in [7, 11) is 0. The molecule has 1 saturated heterocycles. The summed E-state index contributed by atoms with van der Waals surface area (Å²) in [4.78, 5) is 11.9. The molecule has 1 aliphatic heterocycles. The lowest BCUT2D eigenvalue weighted by Gasteiger charge is -2.22. The molecule has 0 unspecified atom stereocenters. The first-order valence-corrected chi connectivity index (χ1v) is 6.04. The van der Waals surface area contributed by atoms with E-state index in [1.54, 1.807) is 6.07 Å². The second kappa shape index (κ2) is 5.47. The van der Waals surface area contributed by atoms with E-state index in [1.165, 1.54) is 12.1 Å². The summed E-state index contributed by atoms with van der Waals surface area (Å²) >= 11 is 5.84. The van der Waals surface area contributed by atoms with Gasteiger partial charge in [-0.05, 0) is 31.5 Å². The molecular weight excluding hydrogens is 243 g/mol. The van der Waals surface area contributed by atoms with Gasteiger partial charge in [0.1, 0.15) is 5.82 Å². The van der Waals surface area contributed by atoms with E-state index in [0.29, 0.717) is 0 Å². The molecule has 1 aromatic carbocycles. The van der Waals surface area contributed by atoms with Gasteiger partial charge in [0.05, 0.1) is 16.8 Å². The van der Waals surface area contributed by atoms with Crippen LogP contribution >= 0.6 is 11.6 Å². The number of hydrogen-bond donors (Lipinski definition) is 2. The molecule has 3 nitrogen and oxygen atoms in total. The highest BCUT2D eigenvalue weighted by Gasteiger charge is 2.22. The molecule has 1 heterocycles. The Hall–Kier alpha value is -1.13. The Morgan fingerprint density at radius 3 is 2.94 bits per heavy atom. The van der Waals surface area contributed by atoms with E-state index in [1.807, 2.05) is 0 Å². The maximum absolute atomic E-state index is 13.5. The molecule has 1 aliphatic rings. The van der Waals surface area contributed by atoms with Crippen LogP contribution in [0.3, 0.4) is 0 Å². The number of anilines is 1. The van der Waals surface area contributed by atoms with Crippen molar-refractivity contribution in [2.75, 3.05) is 11.9 Å². The van der Waals surface area contributed by atoms with Crippen LogP contribution in [0.15, 0.2) is 18.2 Å². The van der Waals surface area contributed by atoms with E-state index >= 15 is 0 Å². The molecule has 1 aromatic rings. The topological polar surface area (TPSA) is 41.1 Å². The molecule has 2 N–H and O–H groups in total. The Balaban J connectivity index is 2.07. The van der Waals surface area contributed by atoms with Crippen molar-refractivity contribution in [3.63, 3.8) is 0 Å².